The zero-order chi connectivity index (χ0) is 28.9. The van der Waals surface area contributed by atoms with Crippen LogP contribution in [0.15, 0.2) is 41.3 Å². The largest absolute Gasteiger partial charge is 0.394 e. The Bertz CT molecular complexity index is 1210. The van der Waals surface area contributed by atoms with Crippen LogP contribution in [0.5, 0.6) is 0 Å². The van der Waals surface area contributed by atoms with E-state index in [1.54, 1.807) is 17.2 Å². The van der Waals surface area contributed by atoms with E-state index in [9.17, 15) is 19.5 Å². The van der Waals surface area contributed by atoms with Gasteiger partial charge in [0.2, 0.25) is 5.91 Å². The fraction of sp³-hybridized carbons (Fsp3) is 0.571. The van der Waals surface area contributed by atoms with Gasteiger partial charge in [-0.2, -0.15) is 4.98 Å². The summed E-state index contributed by atoms with van der Waals surface area (Å²) in [4.78, 5) is 47.5. The highest BCUT2D eigenvalue weighted by Crippen LogP contribution is 2.17. The van der Waals surface area contributed by atoms with Gasteiger partial charge in [0.25, 0.3) is 0 Å². The second kappa shape index (κ2) is 12.9. The van der Waals surface area contributed by atoms with Gasteiger partial charge in [0.1, 0.15) is 11.4 Å². The number of hydrogen-bond donors (Lipinski definition) is 4. The minimum Gasteiger partial charge on any atom is -0.394 e. The highest BCUT2D eigenvalue weighted by molar-refractivity contribution is 5.89. The van der Waals surface area contributed by atoms with Gasteiger partial charge in [-0.05, 0) is 69.0 Å². The van der Waals surface area contributed by atoms with Crippen molar-refractivity contribution in [3.05, 3.63) is 52.6 Å². The predicted octanol–water partition coefficient (Wildman–Crippen LogP) is 0.220. The lowest BCUT2D eigenvalue weighted by Gasteiger charge is -2.37. The van der Waals surface area contributed by atoms with Gasteiger partial charge in [-0.25, -0.2) is 9.59 Å². The maximum Gasteiger partial charge on any atom is 0.354 e. The number of likely N-dealkylation sites (tertiary alicyclic amines) is 1. The van der Waals surface area contributed by atoms with Gasteiger partial charge in [0, 0.05) is 45.0 Å². The Labute approximate surface area is 234 Å². The average molecular weight is 555 g/mol. The lowest BCUT2D eigenvalue weighted by Crippen LogP contribution is -2.60. The molecule has 12 heteroatoms. The summed E-state index contributed by atoms with van der Waals surface area (Å²) in [5.41, 5.74) is 12.1. The monoisotopic (exact) mass is 554 g/mol. The molecule has 4 rings (SSSR count). The number of hydrogen-bond acceptors (Lipinski definition) is 8. The number of aliphatic hydroxyl groups excluding tert-OH is 1. The molecule has 0 radical (unpaired) electrons. The highest BCUT2D eigenvalue weighted by atomic mass is 16.3. The highest BCUT2D eigenvalue weighted by Gasteiger charge is 2.34. The molecule has 3 amide bonds. The molecule has 6 N–H and O–H groups in total. The number of aromatic nitrogens is 2. The van der Waals surface area contributed by atoms with Crippen molar-refractivity contribution >= 4 is 17.8 Å². The summed E-state index contributed by atoms with van der Waals surface area (Å²) >= 11 is 0. The fourth-order valence-corrected chi connectivity index (χ4v) is 5.06. The van der Waals surface area contributed by atoms with E-state index in [1.807, 2.05) is 24.3 Å². The maximum absolute atomic E-state index is 12.7. The first-order valence-corrected chi connectivity index (χ1v) is 14.0. The molecular formula is C28H42N8O4. The zero-order valence-corrected chi connectivity index (χ0v) is 23.5. The van der Waals surface area contributed by atoms with Crippen LogP contribution >= 0.6 is 0 Å². The van der Waals surface area contributed by atoms with Crippen LogP contribution in [0, 0.1) is 5.92 Å². The van der Waals surface area contributed by atoms with Crippen LogP contribution in [0.1, 0.15) is 32.3 Å². The van der Waals surface area contributed by atoms with Crippen LogP contribution in [0.2, 0.25) is 0 Å². The molecule has 1 aromatic heterocycles. The van der Waals surface area contributed by atoms with Gasteiger partial charge >= 0.3 is 11.7 Å². The number of piperazine rings is 1. The molecule has 1 aromatic carbocycles. The zero-order valence-electron chi connectivity index (χ0n) is 23.5. The van der Waals surface area contributed by atoms with Crippen LogP contribution in [-0.2, 0) is 11.2 Å². The number of rotatable bonds is 7. The SMILES string of the molecule is C[C@@H]1CCN(CCc2ccc(-n3ccc(NC(=O)N4CCN(C(=O)C(C)(N)CO)CC4)nc3=O)cc2)CC[C@H]1N. The van der Waals surface area contributed by atoms with Gasteiger partial charge in [-0.3, -0.25) is 14.7 Å². The predicted molar refractivity (Wildman–Crippen MR) is 153 cm³/mol. The van der Waals surface area contributed by atoms with Crippen LogP contribution in [0.3, 0.4) is 0 Å². The lowest BCUT2D eigenvalue weighted by molar-refractivity contribution is -0.139. The first kappa shape index (κ1) is 29.7. The number of amides is 3. The number of nitrogens with two attached hydrogens (primary N) is 2. The molecule has 3 heterocycles. The molecular weight excluding hydrogens is 512 g/mol. The van der Waals surface area contributed by atoms with Crippen molar-refractivity contribution in [1.29, 1.82) is 0 Å². The van der Waals surface area contributed by atoms with E-state index < -0.39 is 23.9 Å². The van der Waals surface area contributed by atoms with Crippen molar-refractivity contribution in [3.8, 4) is 5.69 Å². The van der Waals surface area contributed by atoms with Gasteiger partial charge in [-0.15, -0.1) is 0 Å². The summed E-state index contributed by atoms with van der Waals surface area (Å²) in [5.74, 6) is 0.360. The van der Waals surface area contributed by atoms with Crippen LogP contribution in [-0.4, -0.2) is 105 Å². The number of benzene rings is 1. The number of nitrogens with zero attached hydrogens (tertiary/aromatic N) is 5. The molecule has 2 aromatic rings. The number of aliphatic hydroxyl groups is 1. The van der Waals surface area contributed by atoms with E-state index in [0.29, 0.717) is 37.8 Å². The molecule has 2 aliphatic rings. The number of carbonyl (C=O) groups excluding carboxylic acids is 2. The number of nitrogens with one attached hydrogen (secondary N) is 1. The number of urea groups is 1. The molecule has 0 bridgehead atoms. The minimum absolute atomic E-state index is 0.155. The van der Waals surface area contributed by atoms with Crippen molar-refractivity contribution in [2.24, 2.45) is 17.4 Å². The van der Waals surface area contributed by atoms with Crippen molar-refractivity contribution in [2.45, 2.75) is 44.7 Å². The Kier molecular flexibility index (Phi) is 9.56. The number of carbonyl (C=O) groups is 2. The Balaban J connectivity index is 1.29. The summed E-state index contributed by atoms with van der Waals surface area (Å²) in [7, 11) is 0. The molecule has 0 saturated carbocycles. The van der Waals surface area contributed by atoms with Crippen molar-refractivity contribution in [3.63, 3.8) is 0 Å². The van der Waals surface area contributed by atoms with Crippen LogP contribution < -0.4 is 22.5 Å². The standard InChI is InChI=1S/C28H42N8O4/c1-20-7-11-33(13-9-23(20)29)12-8-21-3-5-22(6-4-21)36-14-10-24(32-27(36)40)31-26(39)35-17-15-34(16-18-35)25(38)28(2,30)19-37/h3-6,10,14,20,23,37H,7-9,11-13,15-19,29-30H2,1-2H3,(H,31,32,39,40)/t20-,23-,28?/m1/s1. The van der Waals surface area contributed by atoms with Crippen molar-refractivity contribution in [2.75, 3.05) is 57.7 Å². The summed E-state index contributed by atoms with van der Waals surface area (Å²) in [5, 5.41) is 12.0. The molecule has 0 spiro atoms. The number of anilines is 1. The summed E-state index contributed by atoms with van der Waals surface area (Å²) in [6, 6.07) is 9.33. The van der Waals surface area contributed by atoms with Crippen LogP contribution in [0.25, 0.3) is 5.69 Å². The molecule has 2 saturated heterocycles. The Hall–Kier alpha value is -3.32. The quantitative estimate of drug-likeness (QED) is 0.378. The summed E-state index contributed by atoms with van der Waals surface area (Å²) < 4.78 is 1.44. The minimum atomic E-state index is -1.35. The van der Waals surface area contributed by atoms with E-state index in [-0.39, 0.29) is 17.8 Å². The molecule has 12 nitrogen and oxygen atoms in total. The van der Waals surface area contributed by atoms with E-state index in [1.165, 1.54) is 22.0 Å². The molecule has 0 aliphatic carbocycles. The average Bonchev–Trinajstić information content (AvgIpc) is 3.12. The lowest BCUT2D eigenvalue weighted by atomic mass is 9.98. The Morgan fingerprint density at radius 3 is 2.35 bits per heavy atom. The first-order chi connectivity index (χ1) is 19.1. The van der Waals surface area contributed by atoms with Crippen LogP contribution in [0.4, 0.5) is 10.6 Å². The molecule has 3 atom stereocenters. The van der Waals surface area contributed by atoms with Gasteiger partial charge in [-0.1, -0.05) is 19.1 Å². The van der Waals surface area contributed by atoms with E-state index in [2.05, 4.69) is 22.1 Å². The molecule has 40 heavy (non-hydrogen) atoms. The maximum atomic E-state index is 12.7. The normalized spacial score (nSPS) is 21.9. The third-order valence-corrected chi connectivity index (χ3v) is 8.05. The molecule has 218 valence electrons. The molecule has 1 unspecified atom stereocenters. The van der Waals surface area contributed by atoms with Crippen molar-refractivity contribution in [1.82, 2.24) is 24.3 Å². The Morgan fingerprint density at radius 2 is 1.70 bits per heavy atom. The van der Waals surface area contributed by atoms with E-state index in [0.717, 1.165) is 38.9 Å². The van der Waals surface area contributed by atoms with Gasteiger partial charge < -0.3 is 31.3 Å². The fourth-order valence-electron chi connectivity index (χ4n) is 5.06. The second-order valence-corrected chi connectivity index (χ2v) is 11.2. The third kappa shape index (κ3) is 7.25. The summed E-state index contributed by atoms with van der Waals surface area (Å²) in [6.07, 6.45) is 4.68. The molecule has 2 fully saturated rings. The van der Waals surface area contributed by atoms with Crippen molar-refractivity contribution < 1.29 is 14.7 Å². The summed E-state index contributed by atoms with van der Waals surface area (Å²) in [6.45, 7) is 7.54. The Morgan fingerprint density at radius 1 is 1.05 bits per heavy atom. The first-order valence-electron chi connectivity index (χ1n) is 14.0. The topological polar surface area (TPSA) is 163 Å². The van der Waals surface area contributed by atoms with Gasteiger partial charge in [0.05, 0.1) is 12.3 Å². The second-order valence-electron chi connectivity index (χ2n) is 11.2. The molecule has 2 aliphatic heterocycles. The third-order valence-electron chi connectivity index (χ3n) is 8.05. The smallest absolute Gasteiger partial charge is 0.354 e. The van der Waals surface area contributed by atoms with E-state index >= 15 is 0 Å². The van der Waals surface area contributed by atoms with E-state index in [4.69, 9.17) is 11.5 Å². The van der Waals surface area contributed by atoms with Gasteiger partial charge in [0.15, 0.2) is 0 Å².